The maximum absolute atomic E-state index is 5.99. The van der Waals surface area contributed by atoms with Crippen LogP contribution in [-0.4, -0.2) is 36.8 Å². The average molecular weight is 959 g/mol. The summed E-state index contributed by atoms with van der Waals surface area (Å²) in [4.78, 5) is 17.2. The molecule has 0 amide bonds. The smallest absolute Gasteiger partial charge is 0.172 e. The van der Waals surface area contributed by atoms with Crippen molar-refractivity contribution in [2.45, 2.75) is 76.3 Å². The van der Waals surface area contributed by atoms with Gasteiger partial charge in [0.25, 0.3) is 0 Å². The van der Waals surface area contributed by atoms with E-state index < -0.39 is 0 Å². The fraction of sp³-hybridized carbons (Fsp3) is 0.229. The zero-order valence-electron chi connectivity index (χ0n) is 42.2. The Bertz CT molecular complexity index is 3370. The second-order valence-electron chi connectivity index (χ2n) is 21.8. The highest BCUT2D eigenvalue weighted by molar-refractivity contribution is 6.50. The normalized spacial score (nSPS) is 18.7. The van der Waals surface area contributed by atoms with Gasteiger partial charge in [0, 0.05) is 24.5 Å². The van der Waals surface area contributed by atoms with E-state index in [2.05, 4.69) is 216 Å². The number of amidine groups is 2. The molecule has 0 radical (unpaired) electrons. The van der Waals surface area contributed by atoms with Crippen LogP contribution in [-0.2, 0) is 0 Å². The third kappa shape index (κ3) is 8.64. The highest BCUT2D eigenvalue weighted by Gasteiger charge is 2.41. The van der Waals surface area contributed by atoms with E-state index in [1.807, 2.05) is 0 Å². The molecule has 2 saturated carbocycles. The third-order valence-electron chi connectivity index (χ3n) is 17.2. The Hall–Kier alpha value is -7.82. The summed E-state index contributed by atoms with van der Waals surface area (Å²) in [6, 6.07) is 77.8. The maximum Gasteiger partial charge on any atom is 0.172 e. The van der Waals surface area contributed by atoms with Gasteiger partial charge in [-0.3, -0.25) is 9.98 Å². The van der Waals surface area contributed by atoms with Crippen LogP contribution >= 0.6 is 0 Å². The molecular weight excluding hydrogens is 897 g/mol. The Labute approximate surface area is 435 Å². The van der Waals surface area contributed by atoms with Crippen molar-refractivity contribution in [3.63, 3.8) is 0 Å². The molecular formula is C70H62N4. The average Bonchev–Trinajstić information content (AvgIpc) is 4.14. The molecule has 0 unspecified atom stereocenters. The van der Waals surface area contributed by atoms with E-state index in [4.69, 9.17) is 9.98 Å². The van der Waals surface area contributed by atoms with Crippen molar-refractivity contribution in [2.24, 2.45) is 21.8 Å². The van der Waals surface area contributed by atoms with Gasteiger partial charge in [-0.2, -0.15) is 0 Å². The monoisotopic (exact) mass is 958 g/mol. The first-order valence-corrected chi connectivity index (χ1v) is 27.6. The van der Waals surface area contributed by atoms with Crippen LogP contribution < -0.4 is 9.80 Å². The molecule has 0 spiro atoms. The molecule has 2 aliphatic heterocycles. The molecule has 10 aromatic carbocycles. The molecule has 10 aromatic rings. The zero-order chi connectivity index (χ0) is 49.0. The Balaban J connectivity index is 0.949. The SMILES string of the molecule is c1ccc2cc(-c3cc(-c4ccc5ccccc5c4)cc(N4C[C@H](C5CCCCC5)N=C4C4=N[C@@H](C5CCCCC5)CN4c4cc(-c5ccc6ccccc6c5)cc(-c5ccc6ccccc6c5)c4)c3)ccc2c1. The van der Waals surface area contributed by atoms with Crippen LogP contribution in [0.5, 0.6) is 0 Å². The number of rotatable bonds is 9. The molecule has 74 heavy (non-hydrogen) atoms. The number of benzene rings is 10. The van der Waals surface area contributed by atoms with E-state index in [0.717, 1.165) is 24.8 Å². The molecule has 2 atom stereocenters. The summed E-state index contributed by atoms with van der Waals surface area (Å²) in [6.45, 7) is 1.69. The van der Waals surface area contributed by atoms with E-state index in [9.17, 15) is 0 Å². The largest absolute Gasteiger partial charge is 0.321 e. The van der Waals surface area contributed by atoms with Gasteiger partial charge in [0.15, 0.2) is 11.7 Å². The first kappa shape index (κ1) is 44.8. The molecule has 4 nitrogen and oxygen atoms in total. The van der Waals surface area contributed by atoms with Gasteiger partial charge in [-0.1, -0.05) is 184 Å². The van der Waals surface area contributed by atoms with Crippen LogP contribution in [0.2, 0.25) is 0 Å². The summed E-state index contributed by atoms with van der Waals surface area (Å²) in [7, 11) is 0. The first-order chi connectivity index (χ1) is 36.6. The maximum atomic E-state index is 5.99. The minimum atomic E-state index is 0.189. The Morgan fingerprint density at radius 3 is 0.851 bits per heavy atom. The van der Waals surface area contributed by atoms with Crippen molar-refractivity contribution in [3.05, 3.63) is 206 Å². The highest BCUT2D eigenvalue weighted by atomic mass is 15.4. The fourth-order valence-electron chi connectivity index (χ4n) is 13.1. The van der Waals surface area contributed by atoms with Crippen LogP contribution in [0, 0.1) is 11.8 Å². The lowest BCUT2D eigenvalue weighted by atomic mass is 9.84. The van der Waals surface area contributed by atoms with Gasteiger partial charge < -0.3 is 9.80 Å². The molecule has 0 N–H and O–H groups in total. The van der Waals surface area contributed by atoms with Gasteiger partial charge >= 0.3 is 0 Å². The van der Waals surface area contributed by atoms with Gasteiger partial charge in [-0.05, 0) is 186 Å². The second-order valence-corrected chi connectivity index (χ2v) is 21.8. The van der Waals surface area contributed by atoms with Crippen molar-refractivity contribution in [1.82, 2.24) is 0 Å². The molecule has 4 aliphatic rings. The van der Waals surface area contributed by atoms with Crippen LogP contribution in [0.15, 0.2) is 216 Å². The molecule has 2 heterocycles. The lowest BCUT2D eigenvalue weighted by Gasteiger charge is -2.29. The van der Waals surface area contributed by atoms with E-state index in [-0.39, 0.29) is 12.1 Å². The topological polar surface area (TPSA) is 31.2 Å². The summed E-state index contributed by atoms with van der Waals surface area (Å²) < 4.78 is 0. The molecule has 0 saturated heterocycles. The molecule has 2 fully saturated rings. The van der Waals surface area contributed by atoms with Crippen molar-refractivity contribution >= 4 is 66.1 Å². The van der Waals surface area contributed by atoms with E-state index >= 15 is 0 Å². The first-order valence-electron chi connectivity index (χ1n) is 27.6. The number of hydrogen-bond donors (Lipinski definition) is 0. The van der Waals surface area contributed by atoms with Crippen molar-refractivity contribution in [1.29, 1.82) is 0 Å². The van der Waals surface area contributed by atoms with E-state index in [0.29, 0.717) is 11.8 Å². The van der Waals surface area contributed by atoms with Gasteiger partial charge in [-0.15, -0.1) is 0 Å². The van der Waals surface area contributed by atoms with Crippen LogP contribution in [0.25, 0.3) is 87.6 Å². The fourth-order valence-corrected chi connectivity index (χ4v) is 13.1. The Kier molecular flexibility index (Phi) is 11.6. The number of nitrogens with zero attached hydrogens (tertiary/aromatic N) is 4. The summed E-state index contributed by atoms with van der Waals surface area (Å²) in [6.07, 6.45) is 12.7. The summed E-state index contributed by atoms with van der Waals surface area (Å²) in [5.74, 6) is 3.16. The molecule has 362 valence electrons. The van der Waals surface area contributed by atoms with Crippen molar-refractivity contribution < 1.29 is 0 Å². The third-order valence-corrected chi connectivity index (χ3v) is 17.2. The number of aliphatic imine (C=N–C) groups is 2. The zero-order valence-corrected chi connectivity index (χ0v) is 42.2. The summed E-state index contributed by atoms with van der Waals surface area (Å²) in [5, 5.41) is 10.0. The van der Waals surface area contributed by atoms with Gasteiger partial charge in [0.05, 0.1) is 12.1 Å². The number of fused-ring (bicyclic) bond motifs is 4. The molecule has 0 bridgehead atoms. The minimum absolute atomic E-state index is 0.189. The highest BCUT2D eigenvalue weighted by Crippen LogP contribution is 2.42. The quantitative estimate of drug-likeness (QED) is 0.144. The lowest BCUT2D eigenvalue weighted by Crippen LogP contribution is -2.42. The standard InChI is InChI=1S/C70H62N4/c1-3-19-51(20-4-1)67-45-73(65-41-61(57-31-27-47-15-7-11-23-53(47)35-57)39-62(42-65)58-32-28-48-16-8-12-24-54(48)36-58)69(71-67)70-72-68(52-21-5-2-6-22-52)46-74(70)66-43-63(59-33-29-49-17-9-13-25-55(49)37-59)40-64(44-66)60-34-30-50-18-10-14-26-56(50)38-60/h7-18,23-44,51-52,67-68H,1-6,19-22,45-46H2/t67-,68-/m1/s1. The molecule has 2 aliphatic carbocycles. The van der Waals surface area contributed by atoms with Gasteiger partial charge in [0.1, 0.15) is 0 Å². The number of hydrogen-bond acceptors (Lipinski definition) is 4. The van der Waals surface area contributed by atoms with Crippen LogP contribution in [0.3, 0.4) is 0 Å². The van der Waals surface area contributed by atoms with Crippen LogP contribution in [0.4, 0.5) is 11.4 Å². The van der Waals surface area contributed by atoms with E-state index in [1.165, 1.54) is 163 Å². The van der Waals surface area contributed by atoms with E-state index in [1.54, 1.807) is 0 Å². The predicted octanol–water partition coefficient (Wildman–Crippen LogP) is 18.0. The molecule has 0 aromatic heterocycles. The van der Waals surface area contributed by atoms with Crippen LogP contribution in [0.1, 0.15) is 64.2 Å². The summed E-state index contributed by atoms with van der Waals surface area (Å²) >= 11 is 0. The van der Waals surface area contributed by atoms with Gasteiger partial charge in [-0.25, -0.2) is 0 Å². The van der Waals surface area contributed by atoms with Gasteiger partial charge in [0.2, 0.25) is 0 Å². The summed E-state index contributed by atoms with van der Waals surface area (Å²) in [5.41, 5.74) is 12.1. The molecule has 4 heteroatoms. The predicted molar refractivity (Wildman–Crippen MR) is 315 cm³/mol. The molecule has 14 rings (SSSR count). The Morgan fingerprint density at radius 1 is 0.270 bits per heavy atom. The lowest BCUT2D eigenvalue weighted by molar-refractivity contribution is 0.315. The minimum Gasteiger partial charge on any atom is -0.321 e. The Morgan fingerprint density at radius 2 is 0.554 bits per heavy atom. The second kappa shape index (κ2) is 19.2. The van der Waals surface area contributed by atoms with Crippen molar-refractivity contribution in [2.75, 3.05) is 22.9 Å². The van der Waals surface area contributed by atoms with Crippen molar-refractivity contribution in [3.8, 4) is 44.5 Å². The number of anilines is 2.